The number of esters is 1. The van der Waals surface area contributed by atoms with Crippen molar-refractivity contribution < 1.29 is 14.3 Å². The summed E-state index contributed by atoms with van der Waals surface area (Å²) in [5.74, 6) is -2.02. The Balaban J connectivity index is 1.95. The average molecular weight is 459 g/mol. The first-order chi connectivity index (χ1) is 13.5. The van der Waals surface area contributed by atoms with E-state index in [-0.39, 0.29) is 0 Å². The number of hydrogen-bond acceptors (Lipinski definition) is 3. The molecule has 0 aliphatic carbocycles. The highest BCUT2D eigenvalue weighted by Gasteiger charge is 2.30. The molecule has 0 aliphatic heterocycles. The number of ether oxygens (including phenoxy) is 1. The number of carbonyl (C=O) groups excluding carboxylic acids is 2. The molecule has 4 nitrogen and oxygen atoms in total. The fraction of sp³-hybridized carbons (Fsp3) is 0.0909. The summed E-state index contributed by atoms with van der Waals surface area (Å²) in [6.45, 7) is 0. The van der Waals surface area contributed by atoms with Gasteiger partial charge in [-0.25, -0.2) is 0 Å². The third-order valence-corrected chi connectivity index (χ3v) is 5.02. The van der Waals surface area contributed by atoms with Gasteiger partial charge < -0.3 is 10.5 Å². The fourth-order valence-electron chi connectivity index (χ4n) is 2.88. The summed E-state index contributed by atoms with van der Waals surface area (Å²) in [5.41, 5.74) is 7.47. The molecule has 2 unspecified atom stereocenters. The average Bonchev–Trinajstić information content (AvgIpc) is 2.69. The molecule has 6 heteroatoms. The molecule has 142 valence electrons. The number of nitrogens with two attached hydrogens (primary N) is 1. The van der Waals surface area contributed by atoms with Gasteiger partial charge in [-0.1, -0.05) is 82.1 Å². The number of hydrogen-bond donors (Lipinski definition) is 1. The van der Waals surface area contributed by atoms with Gasteiger partial charge in [-0.2, -0.15) is 0 Å². The molecule has 0 saturated carbocycles. The Kier molecular flexibility index (Phi) is 6.49. The largest absolute Gasteiger partial charge is 0.447 e. The Morgan fingerprint density at radius 2 is 1.36 bits per heavy atom. The van der Waals surface area contributed by atoms with Crippen molar-refractivity contribution in [2.24, 2.45) is 5.73 Å². The maximum Gasteiger partial charge on any atom is 0.319 e. The van der Waals surface area contributed by atoms with Crippen molar-refractivity contribution in [2.45, 2.75) is 12.0 Å². The Morgan fingerprint density at radius 1 is 0.821 bits per heavy atom. The van der Waals surface area contributed by atoms with Crippen LogP contribution in [-0.4, -0.2) is 11.9 Å². The fourth-order valence-corrected chi connectivity index (χ4v) is 3.27. The van der Waals surface area contributed by atoms with Gasteiger partial charge in [0, 0.05) is 15.1 Å². The molecule has 0 aliphatic rings. The second kappa shape index (κ2) is 9.04. The van der Waals surface area contributed by atoms with Crippen molar-refractivity contribution in [3.63, 3.8) is 0 Å². The molecule has 0 spiro atoms. The van der Waals surface area contributed by atoms with E-state index in [1.54, 1.807) is 48.5 Å². The Bertz CT molecular complexity index is 959. The van der Waals surface area contributed by atoms with Crippen LogP contribution in [0.15, 0.2) is 83.3 Å². The zero-order valence-electron chi connectivity index (χ0n) is 14.7. The van der Waals surface area contributed by atoms with Crippen molar-refractivity contribution in [3.8, 4) is 0 Å². The molecule has 3 rings (SSSR count). The van der Waals surface area contributed by atoms with Crippen molar-refractivity contribution in [3.05, 3.63) is 105 Å². The summed E-state index contributed by atoms with van der Waals surface area (Å²) >= 11 is 9.32. The molecule has 2 N–H and O–H groups in total. The summed E-state index contributed by atoms with van der Waals surface area (Å²) in [5, 5.41) is 0.564. The van der Waals surface area contributed by atoms with E-state index in [1.165, 1.54) is 0 Å². The highest BCUT2D eigenvalue weighted by Crippen LogP contribution is 2.30. The van der Waals surface area contributed by atoms with Gasteiger partial charge >= 0.3 is 5.97 Å². The summed E-state index contributed by atoms with van der Waals surface area (Å²) in [6.07, 6.45) is -1.18. The van der Waals surface area contributed by atoms with Crippen molar-refractivity contribution in [1.82, 2.24) is 0 Å². The zero-order chi connectivity index (χ0) is 20.1. The van der Waals surface area contributed by atoms with Crippen LogP contribution in [0, 0.1) is 0 Å². The maximum absolute atomic E-state index is 13.1. The van der Waals surface area contributed by atoms with Crippen LogP contribution in [0.1, 0.15) is 28.7 Å². The van der Waals surface area contributed by atoms with Gasteiger partial charge in [0.25, 0.3) is 5.91 Å². The predicted molar refractivity (Wildman–Crippen MR) is 112 cm³/mol. The van der Waals surface area contributed by atoms with E-state index < -0.39 is 23.9 Å². The molecule has 2 atom stereocenters. The summed E-state index contributed by atoms with van der Waals surface area (Å²) < 4.78 is 6.42. The lowest BCUT2D eigenvalue weighted by molar-refractivity contribution is -0.156. The number of amides is 1. The normalized spacial score (nSPS) is 12.8. The highest BCUT2D eigenvalue weighted by molar-refractivity contribution is 9.10. The molecule has 3 aromatic rings. The third kappa shape index (κ3) is 4.80. The first kappa shape index (κ1) is 20.1. The van der Waals surface area contributed by atoms with Crippen molar-refractivity contribution in [1.29, 1.82) is 0 Å². The first-order valence-corrected chi connectivity index (χ1v) is 9.68. The van der Waals surface area contributed by atoms with Gasteiger partial charge in [0.1, 0.15) is 5.92 Å². The van der Waals surface area contributed by atoms with Crippen LogP contribution in [-0.2, 0) is 14.3 Å². The number of carbonyl (C=O) groups is 2. The highest BCUT2D eigenvalue weighted by atomic mass is 79.9. The summed E-state index contributed by atoms with van der Waals surface area (Å²) in [7, 11) is 0. The number of rotatable bonds is 6. The van der Waals surface area contributed by atoms with Crippen LogP contribution < -0.4 is 5.73 Å². The van der Waals surface area contributed by atoms with E-state index in [9.17, 15) is 9.59 Å². The lowest BCUT2D eigenvalue weighted by atomic mass is 9.91. The molecule has 28 heavy (non-hydrogen) atoms. The lowest BCUT2D eigenvalue weighted by Gasteiger charge is -2.21. The molecule has 0 saturated heterocycles. The molecular weight excluding hydrogens is 442 g/mol. The lowest BCUT2D eigenvalue weighted by Crippen LogP contribution is -2.28. The van der Waals surface area contributed by atoms with Gasteiger partial charge in [-0.3, -0.25) is 9.59 Å². The van der Waals surface area contributed by atoms with E-state index in [4.69, 9.17) is 22.1 Å². The molecule has 0 radical (unpaired) electrons. The second-order valence-corrected chi connectivity index (χ2v) is 7.52. The van der Waals surface area contributed by atoms with E-state index in [1.807, 2.05) is 30.3 Å². The van der Waals surface area contributed by atoms with Crippen molar-refractivity contribution >= 4 is 39.4 Å². The van der Waals surface area contributed by atoms with Gasteiger partial charge in [-0.15, -0.1) is 0 Å². The first-order valence-electron chi connectivity index (χ1n) is 8.51. The van der Waals surface area contributed by atoms with Crippen LogP contribution in [0.4, 0.5) is 0 Å². The number of primary amides is 1. The van der Waals surface area contributed by atoms with Crippen LogP contribution >= 0.6 is 27.5 Å². The second-order valence-electron chi connectivity index (χ2n) is 6.17. The quantitative estimate of drug-likeness (QED) is 0.528. The Morgan fingerprint density at radius 3 is 1.93 bits per heavy atom. The number of halogens is 2. The minimum Gasteiger partial charge on any atom is -0.447 e. The van der Waals surface area contributed by atoms with Crippen LogP contribution in [0.3, 0.4) is 0 Å². The maximum atomic E-state index is 13.1. The smallest absolute Gasteiger partial charge is 0.319 e. The molecule has 0 bridgehead atoms. The minimum atomic E-state index is -1.18. The Hall–Kier alpha value is -2.63. The van der Waals surface area contributed by atoms with E-state index in [0.717, 1.165) is 10.0 Å². The zero-order valence-corrected chi connectivity index (χ0v) is 17.1. The predicted octanol–water partition coefficient (Wildman–Crippen LogP) is 5.00. The molecule has 3 aromatic carbocycles. The molecule has 0 heterocycles. The van der Waals surface area contributed by atoms with Crippen LogP contribution in [0.2, 0.25) is 5.02 Å². The van der Waals surface area contributed by atoms with Gasteiger partial charge in [0.2, 0.25) is 6.10 Å². The SMILES string of the molecule is NC(=O)C(OC(=O)C(c1ccccc1)c1ccc(Cl)cc1)c1ccc(Br)cc1. The van der Waals surface area contributed by atoms with E-state index in [0.29, 0.717) is 16.1 Å². The minimum absolute atomic E-state index is 0.506. The molecular formula is C22H17BrClNO3. The topological polar surface area (TPSA) is 69.4 Å². The van der Waals surface area contributed by atoms with E-state index in [2.05, 4.69) is 15.9 Å². The number of benzene rings is 3. The molecule has 0 aromatic heterocycles. The van der Waals surface area contributed by atoms with Crippen LogP contribution in [0.25, 0.3) is 0 Å². The summed E-state index contributed by atoms with van der Waals surface area (Å²) in [6, 6.07) is 23.0. The van der Waals surface area contributed by atoms with Gasteiger partial charge in [0.15, 0.2) is 0 Å². The van der Waals surface area contributed by atoms with Gasteiger partial charge in [-0.05, 0) is 35.4 Å². The Labute approximate surface area is 176 Å². The monoisotopic (exact) mass is 457 g/mol. The standard InChI is InChI=1S/C22H17BrClNO3/c23-17-10-6-16(7-11-17)20(21(25)26)28-22(27)19(14-4-2-1-3-5-14)15-8-12-18(24)13-9-15/h1-13,19-20H,(H2,25,26). The van der Waals surface area contributed by atoms with Crippen LogP contribution in [0.5, 0.6) is 0 Å². The summed E-state index contributed by atoms with van der Waals surface area (Å²) in [4.78, 5) is 25.1. The molecule has 1 amide bonds. The molecule has 0 fully saturated rings. The van der Waals surface area contributed by atoms with Crippen molar-refractivity contribution in [2.75, 3.05) is 0 Å². The third-order valence-electron chi connectivity index (χ3n) is 4.24. The van der Waals surface area contributed by atoms with E-state index >= 15 is 0 Å². The van der Waals surface area contributed by atoms with Gasteiger partial charge in [0.05, 0.1) is 0 Å².